The molecule has 1 saturated heterocycles. The van der Waals surface area contributed by atoms with Crippen LogP contribution >= 0.6 is 0 Å². The van der Waals surface area contributed by atoms with E-state index in [1.54, 1.807) is 0 Å². The number of aliphatic carboxylic acids is 1. The average molecular weight is 241 g/mol. The van der Waals surface area contributed by atoms with Gasteiger partial charge >= 0.3 is 5.97 Å². The number of carboxylic acids is 1. The Hall–Kier alpha value is -1.06. The SMILES string of the molecule is C[C@H](C(=O)N1CCC(C(=O)O)CC1)C(C)(C)C. The minimum Gasteiger partial charge on any atom is -0.481 e. The van der Waals surface area contributed by atoms with Crippen LogP contribution in [0.25, 0.3) is 0 Å². The number of hydrogen-bond acceptors (Lipinski definition) is 2. The monoisotopic (exact) mass is 241 g/mol. The van der Waals surface area contributed by atoms with E-state index in [1.807, 2.05) is 11.8 Å². The van der Waals surface area contributed by atoms with Gasteiger partial charge in [0.2, 0.25) is 5.91 Å². The Morgan fingerprint density at radius 2 is 1.71 bits per heavy atom. The molecule has 0 aromatic rings. The van der Waals surface area contributed by atoms with Crippen molar-refractivity contribution in [2.45, 2.75) is 40.5 Å². The van der Waals surface area contributed by atoms with Crippen molar-refractivity contribution in [3.8, 4) is 0 Å². The number of hydrogen-bond donors (Lipinski definition) is 1. The molecule has 0 radical (unpaired) electrons. The Balaban J connectivity index is 2.55. The summed E-state index contributed by atoms with van der Waals surface area (Å²) in [7, 11) is 0. The quantitative estimate of drug-likeness (QED) is 0.804. The molecule has 1 rings (SSSR count). The third-order valence-electron chi connectivity index (χ3n) is 3.83. The van der Waals surface area contributed by atoms with Gasteiger partial charge in [-0.3, -0.25) is 9.59 Å². The summed E-state index contributed by atoms with van der Waals surface area (Å²) < 4.78 is 0. The van der Waals surface area contributed by atoms with Gasteiger partial charge in [0.25, 0.3) is 0 Å². The number of piperidine rings is 1. The van der Waals surface area contributed by atoms with E-state index in [2.05, 4.69) is 20.8 Å². The smallest absolute Gasteiger partial charge is 0.306 e. The van der Waals surface area contributed by atoms with Crippen LogP contribution in [0.2, 0.25) is 0 Å². The lowest BCUT2D eigenvalue weighted by atomic mass is 9.81. The second kappa shape index (κ2) is 5.07. The van der Waals surface area contributed by atoms with Crippen LogP contribution in [0.15, 0.2) is 0 Å². The van der Waals surface area contributed by atoms with Gasteiger partial charge in [0.15, 0.2) is 0 Å². The highest BCUT2D eigenvalue weighted by Gasteiger charge is 2.33. The van der Waals surface area contributed by atoms with Crippen LogP contribution in [0.4, 0.5) is 0 Å². The van der Waals surface area contributed by atoms with Crippen LogP contribution < -0.4 is 0 Å². The summed E-state index contributed by atoms with van der Waals surface area (Å²) in [6.07, 6.45) is 1.16. The van der Waals surface area contributed by atoms with E-state index in [4.69, 9.17) is 5.11 Å². The Morgan fingerprint density at radius 3 is 2.06 bits per heavy atom. The molecule has 1 heterocycles. The second-order valence-corrected chi connectivity index (χ2v) is 6.03. The summed E-state index contributed by atoms with van der Waals surface area (Å²) in [5.74, 6) is -0.879. The first-order valence-electron chi connectivity index (χ1n) is 6.25. The standard InChI is InChI=1S/C13H23NO3/c1-9(13(2,3)4)11(15)14-7-5-10(6-8-14)12(16)17/h9-10H,5-8H2,1-4H3,(H,16,17)/t9-/m1/s1. The average Bonchev–Trinajstić information content (AvgIpc) is 2.26. The molecule has 0 bridgehead atoms. The first kappa shape index (κ1) is 14.0. The van der Waals surface area contributed by atoms with Gasteiger partial charge in [-0.2, -0.15) is 0 Å². The van der Waals surface area contributed by atoms with Crippen LogP contribution in [0.3, 0.4) is 0 Å². The predicted molar refractivity (Wildman–Crippen MR) is 65.6 cm³/mol. The summed E-state index contributed by atoms with van der Waals surface area (Å²) in [5, 5.41) is 8.90. The number of rotatable bonds is 2. The molecule has 4 nitrogen and oxygen atoms in total. The molecule has 0 saturated carbocycles. The first-order chi connectivity index (χ1) is 7.73. The zero-order chi connectivity index (χ0) is 13.2. The van der Waals surface area contributed by atoms with Gasteiger partial charge in [0, 0.05) is 19.0 Å². The van der Waals surface area contributed by atoms with Crippen LogP contribution in [-0.4, -0.2) is 35.0 Å². The van der Waals surface area contributed by atoms with Gasteiger partial charge in [-0.05, 0) is 18.3 Å². The molecule has 1 fully saturated rings. The fraction of sp³-hybridized carbons (Fsp3) is 0.846. The molecular formula is C13H23NO3. The van der Waals surface area contributed by atoms with E-state index in [-0.39, 0.29) is 23.2 Å². The summed E-state index contributed by atoms with van der Waals surface area (Å²) >= 11 is 0. The number of carbonyl (C=O) groups is 2. The zero-order valence-corrected chi connectivity index (χ0v) is 11.2. The van der Waals surface area contributed by atoms with Crippen molar-refractivity contribution >= 4 is 11.9 Å². The lowest BCUT2D eigenvalue weighted by molar-refractivity contribution is -0.147. The third-order valence-corrected chi connectivity index (χ3v) is 3.83. The van der Waals surface area contributed by atoms with Crippen molar-refractivity contribution in [3.05, 3.63) is 0 Å². The van der Waals surface area contributed by atoms with E-state index in [0.717, 1.165) is 0 Å². The number of amides is 1. The van der Waals surface area contributed by atoms with Crippen molar-refractivity contribution in [1.29, 1.82) is 0 Å². The molecule has 17 heavy (non-hydrogen) atoms. The van der Waals surface area contributed by atoms with Gasteiger partial charge in [-0.1, -0.05) is 27.7 Å². The van der Waals surface area contributed by atoms with E-state index in [9.17, 15) is 9.59 Å². The van der Waals surface area contributed by atoms with Gasteiger partial charge < -0.3 is 10.0 Å². The summed E-state index contributed by atoms with van der Waals surface area (Å²) in [6.45, 7) is 9.27. The number of likely N-dealkylation sites (tertiary alicyclic amines) is 1. The van der Waals surface area contributed by atoms with Crippen molar-refractivity contribution in [2.24, 2.45) is 17.3 Å². The maximum Gasteiger partial charge on any atom is 0.306 e. The molecule has 0 spiro atoms. The highest BCUT2D eigenvalue weighted by molar-refractivity contribution is 5.79. The molecule has 98 valence electrons. The van der Waals surface area contributed by atoms with Gasteiger partial charge in [-0.15, -0.1) is 0 Å². The molecule has 4 heteroatoms. The van der Waals surface area contributed by atoms with Gasteiger partial charge in [0.05, 0.1) is 5.92 Å². The number of carboxylic acid groups (broad SMARTS) is 1. The molecule has 1 amide bonds. The first-order valence-corrected chi connectivity index (χ1v) is 6.25. The van der Waals surface area contributed by atoms with Crippen LogP contribution in [-0.2, 0) is 9.59 Å². The number of nitrogens with zero attached hydrogens (tertiary/aromatic N) is 1. The molecule has 1 atom stereocenters. The molecule has 1 aliphatic rings. The molecule has 1 aliphatic heterocycles. The van der Waals surface area contributed by atoms with Crippen LogP contribution in [0.1, 0.15) is 40.5 Å². The Kier molecular flexibility index (Phi) is 4.17. The molecule has 0 aromatic carbocycles. The summed E-state index contributed by atoms with van der Waals surface area (Å²) in [6, 6.07) is 0. The van der Waals surface area contributed by atoms with Gasteiger partial charge in [-0.25, -0.2) is 0 Å². The molecule has 0 aliphatic carbocycles. The lowest BCUT2D eigenvalue weighted by Gasteiger charge is -2.35. The van der Waals surface area contributed by atoms with Crippen molar-refractivity contribution in [3.63, 3.8) is 0 Å². The van der Waals surface area contributed by atoms with E-state index in [1.165, 1.54) is 0 Å². The van der Waals surface area contributed by atoms with Gasteiger partial charge in [0.1, 0.15) is 0 Å². The van der Waals surface area contributed by atoms with Crippen LogP contribution in [0, 0.1) is 17.3 Å². The van der Waals surface area contributed by atoms with Crippen molar-refractivity contribution in [1.82, 2.24) is 4.90 Å². The topological polar surface area (TPSA) is 57.6 Å². The van der Waals surface area contributed by atoms with E-state index in [0.29, 0.717) is 25.9 Å². The third kappa shape index (κ3) is 3.45. The largest absolute Gasteiger partial charge is 0.481 e. The maximum atomic E-state index is 12.2. The predicted octanol–water partition coefficient (Wildman–Crippen LogP) is 1.99. The Labute approximate surface area is 103 Å². The highest BCUT2D eigenvalue weighted by Crippen LogP contribution is 2.28. The van der Waals surface area contributed by atoms with E-state index >= 15 is 0 Å². The fourth-order valence-corrected chi connectivity index (χ4v) is 1.99. The molecule has 1 N–H and O–H groups in total. The zero-order valence-electron chi connectivity index (χ0n) is 11.2. The fourth-order valence-electron chi connectivity index (χ4n) is 1.99. The minimum atomic E-state index is -0.735. The van der Waals surface area contributed by atoms with E-state index < -0.39 is 5.97 Å². The molecule has 0 aromatic heterocycles. The summed E-state index contributed by atoms with van der Waals surface area (Å²) in [4.78, 5) is 24.8. The van der Waals surface area contributed by atoms with Crippen LogP contribution in [0.5, 0.6) is 0 Å². The van der Waals surface area contributed by atoms with Crippen molar-refractivity contribution < 1.29 is 14.7 Å². The lowest BCUT2D eigenvalue weighted by Crippen LogP contribution is -2.45. The maximum absolute atomic E-state index is 12.2. The Bertz CT molecular complexity index is 298. The normalized spacial score (nSPS) is 20.1. The summed E-state index contributed by atoms with van der Waals surface area (Å²) in [5.41, 5.74) is -0.0409. The molecule has 0 unspecified atom stereocenters. The number of carbonyl (C=O) groups excluding carboxylic acids is 1. The van der Waals surface area contributed by atoms with Crippen molar-refractivity contribution in [2.75, 3.05) is 13.1 Å². The Morgan fingerprint density at radius 1 is 1.24 bits per heavy atom. The minimum absolute atomic E-state index is 0.0242. The molecular weight excluding hydrogens is 218 g/mol. The second-order valence-electron chi connectivity index (χ2n) is 6.03. The highest BCUT2D eigenvalue weighted by atomic mass is 16.4.